The molecule has 1 aromatic heterocycles. The molecule has 0 aliphatic heterocycles. The van der Waals surface area contributed by atoms with E-state index in [0.717, 1.165) is 11.1 Å². The van der Waals surface area contributed by atoms with Crippen LogP contribution in [0.4, 0.5) is 0 Å². The molecule has 0 bridgehead atoms. The molecule has 5 heteroatoms. The van der Waals surface area contributed by atoms with Crippen LogP contribution in [0.2, 0.25) is 0 Å². The number of nitrogens with zero attached hydrogens (tertiary/aromatic N) is 2. The van der Waals surface area contributed by atoms with Gasteiger partial charge in [-0.2, -0.15) is 4.98 Å². The molecule has 0 saturated carbocycles. The minimum absolute atomic E-state index is 0.174. The van der Waals surface area contributed by atoms with E-state index in [1.54, 1.807) is 24.4 Å². The molecule has 2 rings (SSSR count). The van der Waals surface area contributed by atoms with Crippen LogP contribution in [0, 0.1) is 0 Å². The van der Waals surface area contributed by atoms with Gasteiger partial charge in [0.25, 0.3) is 0 Å². The molecule has 0 radical (unpaired) electrons. The average molecular weight is 231 g/mol. The summed E-state index contributed by atoms with van der Waals surface area (Å²) in [6.45, 7) is 0.323. The molecule has 0 amide bonds. The highest BCUT2D eigenvalue weighted by atomic mass is 16.5. The summed E-state index contributed by atoms with van der Waals surface area (Å²) in [7, 11) is 1.54. The second kappa shape index (κ2) is 4.80. The number of nitrogens with two attached hydrogens (primary N) is 1. The Morgan fingerprint density at radius 2 is 2.24 bits per heavy atom. The van der Waals surface area contributed by atoms with Crippen molar-refractivity contribution in [2.24, 2.45) is 5.73 Å². The highest BCUT2D eigenvalue weighted by Crippen LogP contribution is 2.23. The summed E-state index contributed by atoms with van der Waals surface area (Å²) in [5.41, 5.74) is 7.01. The van der Waals surface area contributed by atoms with Crippen molar-refractivity contribution in [3.8, 4) is 23.0 Å². The van der Waals surface area contributed by atoms with E-state index in [-0.39, 0.29) is 5.75 Å². The van der Waals surface area contributed by atoms with Crippen molar-refractivity contribution >= 4 is 0 Å². The van der Waals surface area contributed by atoms with Crippen molar-refractivity contribution in [2.45, 2.75) is 6.54 Å². The molecule has 2 aromatic rings. The lowest BCUT2D eigenvalue weighted by atomic mass is 10.2. The van der Waals surface area contributed by atoms with E-state index in [1.165, 1.54) is 7.11 Å². The number of hydrogen-bond donors (Lipinski definition) is 2. The Labute approximate surface area is 98.9 Å². The van der Waals surface area contributed by atoms with E-state index < -0.39 is 0 Å². The molecule has 1 heterocycles. The van der Waals surface area contributed by atoms with Crippen LogP contribution in [0.15, 0.2) is 30.5 Å². The average Bonchev–Trinajstić information content (AvgIpc) is 2.38. The number of aromatic hydroxyl groups is 1. The van der Waals surface area contributed by atoms with Crippen LogP contribution in [0.5, 0.6) is 11.6 Å². The Morgan fingerprint density at radius 3 is 2.88 bits per heavy atom. The van der Waals surface area contributed by atoms with Gasteiger partial charge < -0.3 is 15.6 Å². The van der Waals surface area contributed by atoms with Gasteiger partial charge in [-0.25, -0.2) is 4.98 Å². The van der Waals surface area contributed by atoms with E-state index in [1.807, 2.05) is 6.07 Å². The van der Waals surface area contributed by atoms with Gasteiger partial charge in [0.1, 0.15) is 5.75 Å². The Morgan fingerprint density at radius 1 is 1.41 bits per heavy atom. The predicted molar refractivity (Wildman–Crippen MR) is 63.6 cm³/mol. The molecular weight excluding hydrogens is 218 g/mol. The molecule has 0 aliphatic carbocycles. The third kappa shape index (κ3) is 2.34. The van der Waals surface area contributed by atoms with Crippen LogP contribution >= 0.6 is 0 Å². The number of rotatable bonds is 3. The summed E-state index contributed by atoms with van der Waals surface area (Å²) in [6, 6.07) is 6.74. The molecular formula is C12H13N3O2. The summed E-state index contributed by atoms with van der Waals surface area (Å²) in [5.74, 6) is 1.13. The van der Waals surface area contributed by atoms with E-state index in [9.17, 15) is 5.11 Å². The first-order valence-electron chi connectivity index (χ1n) is 5.14. The van der Waals surface area contributed by atoms with Gasteiger partial charge in [-0.05, 0) is 12.1 Å². The fourth-order valence-corrected chi connectivity index (χ4v) is 1.49. The van der Waals surface area contributed by atoms with Crippen molar-refractivity contribution in [1.29, 1.82) is 0 Å². The number of phenols is 1. The quantitative estimate of drug-likeness (QED) is 0.832. The van der Waals surface area contributed by atoms with Crippen LogP contribution in [0.25, 0.3) is 11.4 Å². The van der Waals surface area contributed by atoms with Crippen LogP contribution in [0.1, 0.15) is 5.56 Å². The number of phenolic OH excluding ortho intramolecular Hbond substituents is 1. The van der Waals surface area contributed by atoms with Gasteiger partial charge in [0.05, 0.1) is 7.11 Å². The third-order valence-electron chi connectivity index (χ3n) is 2.34. The summed E-state index contributed by atoms with van der Waals surface area (Å²) in [5, 5.41) is 9.39. The van der Waals surface area contributed by atoms with Crippen molar-refractivity contribution in [1.82, 2.24) is 9.97 Å². The molecule has 0 aliphatic rings. The number of methoxy groups -OCH3 is 1. The summed E-state index contributed by atoms with van der Waals surface area (Å²) in [6.07, 6.45) is 1.63. The van der Waals surface area contributed by atoms with Gasteiger partial charge in [-0.1, -0.05) is 12.1 Å². The molecule has 0 saturated heterocycles. The number of aromatic nitrogens is 2. The lowest BCUT2D eigenvalue weighted by Crippen LogP contribution is -2.03. The number of benzene rings is 1. The first-order chi connectivity index (χ1) is 8.24. The fourth-order valence-electron chi connectivity index (χ4n) is 1.49. The minimum atomic E-state index is 0.174. The second-order valence-corrected chi connectivity index (χ2v) is 3.48. The standard InChI is InChI=1S/C12H13N3O2/c1-17-12-9(6-13)7-14-11(15-12)8-3-2-4-10(16)5-8/h2-5,7,16H,6,13H2,1H3. The van der Waals surface area contributed by atoms with Crippen molar-refractivity contribution in [3.63, 3.8) is 0 Å². The lowest BCUT2D eigenvalue weighted by molar-refractivity contribution is 0.392. The van der Waals surface area contributed by atoms with Crippen LogP contribution in [-0.4, -0.2) is 22.2 Å². The highest BCUT2D eigenvalue weighted by Gasteiger charge is 2.08. The fraction of sp³-hybridized carbons (Fsp3) is 0.167. The summed E-state index contributed by atoms with van der Waals surface area (Å²) < 4.78 is 5.13. The van der Waals surface area contributed by atoms with Crippen molar-refractivity contribution in [2.75, 3.05) is 7.11 Å². The molecule has 0 fully saturated rings. The summed E-state index contributed by atoms with van der Waals surface area (Å²) in [4.78, 5) is 8.44. The topological polar surface area (TPSA) is 81.3 Å². The van der Waals surface area contributed by atoms with Crippen LogP contribution in [-0.2, 0) is 6.54 Å². The monoisotopic (exact) mass is 231 g/mol. The van der Waals surface area contributed by atoms with E-state index >= 15 is 0 Å². The number of ether oxygens (including phenoxy) is 1. The third-order valence-corrected chi connectivity index (χ3v) is 2.34. The van der Waals surface area contributed by atoms with Crippen molar-refractivity contribution < 1.29 is 9.84 Å². The molecule has 1 aromatic carbocycles. The van der Waals surface area contributed by atoms with Gasteiger partial charge in [0.15, 0.2) is 5.82 Å². The summed E-state index contributed by atoms with van der Waals surface area (Å²) >= 11 is 0. The molecule has 5 nitrogen and oxygen atoms in total. The van der Waals surface area contributed by atoms with Gasteiger partial charge in [0, 0.05) is 23.9 Å². The zero-order valence-corrected chi connectivity index (χ0v) is 9.42. The van der Waals surface area contributed by atoms with E-state index in [2.05, 4.69) is 9.97 Å². The van der Waals surface area contributed by atoms with E-state index in [0.29, 0.717) is 18.2 Å². The maximum atomic E-state index is 9.39. The Hall–Kier alpha value is -2.14. The van der Waals surface area contributed by atoms with Gasteiger partial charge in [-0.15, -0.1) is 0 Å². The van der Waals surface area contributed by atoms with Gasteiger partial charge >= 0.3 is 0 Å². The smallest absolute Gasteiger partial charge is 0.221 e. The highest BCUT2D eigenvalue weighted by molar-refractivity contribution is 5.57. The molecule has 0 spiro atoms. The SMILES string of the molecule is COc1nc(-c2cccc(O)c2)ncc1CN. The first-order valence-corrected chi connectivity index (χ1v) is 5.14. The van der Waals surface area contributed by atoms with Gasteiger partial charge in [0.2, 0.25) is 5.88 Å². The van der Waals surface area contributed by atoms with Gasteiger partial charge in [-0.3, -0.25) is 0 Å². The Balaban J connectivity index is 2.46. The zero-order chi connectivity index (χ0) is 12.3. The molecule has 88 valence electrons. The maximum absolute atomic E-state index is 9.39. The predicted octanol–water partition coefficient (Wildman–Crippen LogP) is 1.32. The second-order valence-electron chi connectivity index (χ2n) is 3.48. The van der Waals surface area contributed by atoms with Crippen molar-refractivity contribution in [3.05, 3.63) is 36.0 Å². The minimum Gasteiger partial charge on any atom is -0.508 e. The first kappa shape index (κ1) is 11.3. The largest absolute Gasteiger partial charge is 0.508 e. The Kier molecular flexibility index (Phi) is 3.20. The normalized spacial score (nSPS) is 10.2. The number of hydrogen-bond acceptors (Lipinski definition) is 5. The van der Waals surface area contributed by atoms with E-state index in [4.69, 9.17) is 10.5 Å². The van der Waals surface area contributed by atoms with Crippen LogP contribution < -0.4 is 10.5 Å². The maximum Gasteiger partial charge on any atom is 0.221 e. The van der Waals surface area contributed by atoms with Crippen LogP contribution in [0.3, 0.4) is 0 Å². The molecule has 17 heavy (non-hydrogen) atoms. The molecule has 3 N–H and O–H groups in total. The Bertz CT molecular complexity index is 529. The lowest BCUT2D eigenvalue weighted by Gasteiger charge is -2.07. The molecule has 0 unspecified atom stereocenters. The zero-order valence-electron chi connectivity index (χ0n) is 9.42. The molecule has 0 atom stereocenters.